The summed E-state index contributed by atoms with van der Waals surface area (Å²) in [5, 5.41) is 5.56. The largest absolute Gasteiger partial charge is 0.346 e. The van der Waals surface area contributed by atoms with Crippen LogP contribution in [0.3, 0.4) is 0 Å². The van der Waals surface area contributed by atoms with E-state index in [2.05, 4.69) is 22.8 Å². The van der Waals surface area contributed by atoms with Crippen molar-refractivity contribution >= 4 is 17.5 Å². The van der Waals surface area contributed by atoms with Crippen molar-refractivity contribution in [1.29, 1.82) is 0 Å². The van der Waals surface area contributed by atoms with E-state index in [0.29, 0.717) is 6.54 Å². The van der Waals surface area contributed by atoms with Crippen LogP contribution in [0.5, 0.6) is 0 Å². The molecule has 0 radical (unpaired) electrons. The number of amides is 2. The number of para-hydroxylation sites is 1. The molecule has 148 valence electrons. The Hall–Kier alpha value is -2.70. The third kappa shape index (κ3) is 5.18. The number of nitrogens with zero attached hydrogens (tertiary/aromatic N) is 1. The van der Waals surface area contributed by atoms with E-state index < -0.39 is 0 Å². The summed E-state index contributed by atoms with van der Waals surface area (Å²) in [6.45, 7) is 3.66. The summed E-state index contributed by atoms with van der Waals surface area (Å²) in [6.07, 6.45) is 0.834. The third-order valence-electron chi connectivity index (χ3n) is 5.15. The van der Waals surface area contributed by atoms with Gasteiger partial charge in [-0.3, -0.25) is 14.5 Å². The summed E-state index contributed by atoms with van der Waals surface area (Å²) >= 11 is 0. The summed E-state index contributed by atoms with van der Waals surface area (Å²) in [5.74, 6) is -0.169. The van der Waals surface area contributed by atoms with Gasteiger partial charge >= 0.3 is 0 Å². The van der Waals surface area contributed by atoms with Gasteiger partial charge in [-0.25, -0.2) is 0 Å². The van der Waals surface area contributed by atoms with Crippen molar-refractivity contribution in [3.63, 3.8) is 0 Å². The van der Waals surface area contributed by atoms with E-state index in [1.54, 1.807) is 0 Å². The molecule has 2 atom stereocenters. The van der Waals surface area contributed by atoms with Crippen molar-refractivity contribution in [3.8, 4) is 0 Å². The number of likely N-dealkylation sites (tertiary alicyclic amines) is 1. The van der Waals surface area contributed by atoms with Crippen LogP contribution in [0.1, 0.15) is 24.0 Å². The molecule has 0 spiro atoms. The predicted molar refractivity (Wildman–Crippen MR) is 111 cm³/mol. The fourth-order valence-corrected chi connectivity index (χ4v) is 3.68. The molecule has 1 fully saturated rings. The number of anilines is 1. The lowest BCUT2D eigenvalue weighted by atomic mass is 9.95. The lowest BCUT2D eigenvalue weighted by Gasteiger charge is -2.16. The van der Waals surface area contributed by atoms with Crippen LogP contribution < -0.4 is 16.4 Å². The molecule has 28 heavy (non-hydrogen) atoms. The van der Waals surface area contributed by atoms with Crippen molar-refractivity contribution in [2.75, 3.05) is 31.5 Å². The van der Waals surface area contributed by atoms with Gasteiger partial charge in [-0.05, 0) is 23.6 Å². The summed E-state index contributed by atoms with van der Waals surface area (Å²) in [5.41, 5.74) is 9.34. The number of rotatable bonds is 7. The first kappa shape index (κ1) is 20.0. The van der Waals surface area contributed by atoms with Gasteiger partial charge in [0.05, 0.1) is 13.1 Å². The standard InChI is InChI=1S/C22H28N4O2/c1-2-16-8-6-7-11-20(16)25-21(27)12-24-22(28)15-26-13-18(19(23)14-26)17-9-4-3-5-10-17/h3-11,18-19H,2,12-15,23H2,1H3,(H,24,28)(H,25,27)/t18-,19+/m0/s1. The number of benzene rings is 2. The molecule has 1 heterocycles. The van der Waals surface area contributed by atoms with Crippen LogP contribution >= 0.6 is 0 Å². The molecule has 1 saturated heterocycles. The number of aryl methyl sites for hydroxylation is 1. The van der Waals surface area contributed by atoms with Crippen molar-refractivity contribution in [2.45, 2.75) is 25.3 Å². The molecule has 0 bridgehead atoms. The van der Waals surface area contributed by atoms with Crippen LogP contribution in [0.25, 0.3) is 0 Å². The van der Waals surface area contributed by atoms with E-state index in [0.717, 1.165) is 24.2 Å². The molecule has 6 heteroatoms. The summed E-state index contributed by atoms with van der Waals surface area (Å²) in [7, 11) is 0. The monoisotopic (exact) mass is 380 g/mol. The van der Waals surface area contributed by atoms with Gasteiger partial charge in [-0.2, -0.15) is 0 Å². The molecule has 0 unspecified atom stereocenters. The Morgan fingerprint density at radius 3 is 2.50 bits per heavy atom. The van der Waals surface area contributed by atoms with Crippen molar-refractivity contribution in [3.05, 3.63) is 65.7 Å². The Labute approximate surface area is 166 Å². The SMILES string of the molecule is CCc1ccccc1NC(=O)CNC(=O)CN1C[C@@H](N)[C@H](c2ccccc2)C1. The molecule has 1 aliphatic rings. The molecule has 2 aromatic rings. The molecule has 0 aromatic heterocycles. The molecular formula is C22H28N4O2. The van der Waals surface area contributed by atoms with E-state index in [4.69, 9.17) is 5.73 Å². The predicted octanol–water partition coefficient (Wildman–Crippen LogP) is 1.73. The summed E-state index contributed by atoms with van der Waals surface area (Å²) in [6, 6.07) is 17.8. The Morgan fingerprint density at radius 1 is 1.04 bits per heavy atom. The zero-order chi connectivity index (χ0) is 19.9. The Balaban J connectivity index is 1.45. The number of hydrogen-bond acceptors (Lipinski definition) is 4. The maximum Gasteiger partial charge on any atom is 0.243 e. The molecule has 0 saturated carbocycles. The minimum atomic E-state index is -0.227. The second-order valence-corrected chi connectivity index (χ2v) is 7.21. The van der Waals surface area contributed by atoms with Gasteiger partial charge in [-0.1, -0.05) is 55.5 Å². The number of nitrogens with one attached hydrogen (secondary N) is 2. The second-order valence-electron chi connectivity index (χ2n) is 7.21. The molecule has 2 aromatic carbocycles. The van der Waals surface area contributed by atoms with E-state index in [9.17, 15) is 9.59 Å². The average molecular weight is 380 g/mol. The number of carbonyl (C=O) groups excluding carboxylic acids is 2. The van der Waals surface area contributed by atoms with Gasteiger partial charge in [0.2, 0.25) is 11.8 Å². The van der Waals surface area contributed by atoms with Crippen molar-refractivity contribution in [1.82, 2.24) is 10.2 Å². The highest BCUT2D eigenvalue weighted by atomic mass is 16.2. The normalized spacial score (nSPS) is 19.4. The lowest BCUT2D eigenvalue weighted by Crippen LogP contribution is -2.40. The fourth-order valence-electron chi connectivity index (χ4n) is 3.68. The zero-order valence-corrected chi connectivity index (χ0v) is 16.2. The van der Waals surface area contributed by atoms with Crippen LogP contribution in [0.15, 0.2) is 54.6 Å². The van der Waals surface area contributed by atoms with Gasteiger partial charge < -0.3 is 16.4 Å². The highest BCUT2D eigenvalue weighted by Crippen LogP contribution is 2.25. The first-order chi connectivity index (χ1) is 13.6. The van der Waals surface area contributed by atoms with Crippen LogP contribution in [-0.2, 0) is 16.0 Å². The molecular weight excluding hydrogens is 352 g/mol. The van der Waals surface area contributed by atoms with Gasteiger partial charge in [-0.15, -0.1) is 0 Å². The molecule has 4 N–H and O–H groups in total. The minimum Gasteiger partial charge on any atom is -0.346 e. The third-order valence-corrected chi connectivity index (χ3v) is 5.15. The minimum absolute atomic E-state index is 0.00374. The van der Waals surface area contributed by atoms with Gasteiger partial charge in [0.25, 0.3) is 0 Å². The Bertz CT molecular complexity index is 809. The molecule has 0 aliphatic carbocycles. The highest BCUT2D eigenvalue weighted by Gasteiger charge is 2.31. The van der Waals surface area contributed by atoms with E-state index in [1.807, 2.05) is 54.3 Å². The van der Waals surface area contributed by atoms with Crippen molar-refractivity contribution in [2.24, 2.45) is 5.73 Å². The topological polar surface area (TPSA) is 87.5 Å². The summed E-state index contributed by atoms with van der Waals surface area (Å²) in [4.78, 5) is 26.5. The first-order valence-corrected chi connectivity index (χ1v) is 9.74. The molecule has 1 aliphatic heterocycles. The zero-order valence-electron chi connectivity index (χ0n) is 16.2. The van der Waals surface area contributed by atoms with Crippen LogP contribution in [0.4, 0.5) is 5.69 Å². The number of hydrogen-bond donors (Lipinski definition) is 3. The fraction of sp³-hybridized carbons (Fsp3) is 0.364. The van der Waals surface area contributed by atoms with Crippen LogP contribution in [0.2, 0.25) is 0 Å². The molecule has 6 nitrogen and oxygen atoms in total. The summed E-state index contributed by atoms with van der Waals surface area (Å²) < 4.78 is 0. The van der Waals surface area contributed by atoms with Gasteiger partial charge in [0, 0.05) is 30.7 Å². The van der Waals surface area contributed by atoms with E-state index in [-0.39, 0.29) is 36.9 Å². The second kappa shape index (κ2) is 9.48. The quantitative estimate of drug-likeness (QED) is 0.683. The Kier molecular flexibility index (Phi) is 6.79. The van der Waals surface area contributed by atoms with Crippen molar-refractivity contribution < 1.29 is 9.59 Å². The maximum atomic E-state index is 12.3. The maximum absolute atomic E-state index is 12.3. The van der Waals surface area contributed by atoms with Gasteiger partial charge in [0.15, 0.2) is 0 Å². The number of nitrogens with two attached hydrogens (primary N) is 1. The Morgan fingerprint density at radius 2 is 1.75 bits per heavy atom. The average Bonchev–Trinajstić information content (AvgIpc) is 3.07. The van der Waals surface area contributed by atoms with Crippen LogP contribution in [0, 0.1) is 0 Å². The van der Waals surface area contributed by atoms with E-state index >= 15 is 0 Å². The van der Waals surface area contributed by atoms with Gasteiger partial charge in [0.1, 0.15) is 0 Å². The number of carbonyl (C=O) groups is 2. The first-order valence-electron chi connectivity index (χ1n) is 9.74. The van der Waals surface area contributed by atoms with E-state index in [1.165, 1.54) is 5.56 Å². The lowest BCUT2D eigenvalue weighted by molar-refractivity contribution is -0.124. The smallest absolute Gasteiger partial charge is 0.243 e. The van der Waals surface area contributed by atoms with Crippen LogP contribution in [-0.4, -0.2) is 48.9 Å². The molecule has 2 amide bonds. The molecule has 3 rings (SSSR count). The highest BCUT2D eigenvalue weighted by molar-refractivity contribution is 5.95.